The van der Waals surface area contributed by atoms with Crippen molar-refractivity contribution in [3.63, 3.8) is 0 Å². The van der Waals surface area contributed by atoms with E-state index in [9.17, 15) is 84.9 Å². The van der Waals surface area contributed by atoms with Crippen molar-refractivity contribution in [3.8, 4) is 10.7 Å². The van der Waals surface area contributed by atoms with Gasteiger partial charge in [-0.2, -0.15) is 0 Å². The molecule has 26 atom stereocenters. The molecule has 4 fully saturated rings. The average molecular weight is 1620 g/mol. The molecule has 0 aromatic carbocycles. The monoisotopic (exact) mass is 1620 g/mol. The van der Waals surface area contributed by atoms with E-state index in [2.05, 4.69) is 73.6 Å². The van der Waals surface area contributed by atoms with E-state index in [1.54, 1.807) is 0 Å². The molecule has 0 spiro atoms. The zero-order valence-corrected chi connectivity index (χ0v) is 62.1. The van der Waals surface area contributed by atoms with Gasteiger partial charge in [0.15, 0.2) is 37.3 Å². The van der Waals surface area contributed by atoms with Gasteiger partial charge in [-0.05, 0) is 41.0 Å². The molecule has 46 nitrogen and oxygen atoms in total. The number of carbonyl (C=O) groups excluding carboxylic acids is 8. The summed E-state index contributed by atoms with van der Waals surface area (Å²) in [7, 11) is 0. The van der Waals surface area contributed by atoms with Gasteiger partial charge in [0.05, 0.1) is 93.5 Å². The van der Waals surface area contributed by atoms with Gasteiger partial charge >= 0.3 is 6.09 Å². The van der Waals surface area contributed by atoms with Gasteiger partial charge in [0, 0.05) is 55.0 Å². The first kappa shape index (κ1) is 88.6. The molecule has 0 radical (unpaired) electrons. The number of aromatic nitrogens is 6. The maximum atomic E-state index is 15.3. The molecule has 18 unspecified atom stereocenters. The number of aliphatic hydroxyl groups is 11. The summed E-state index contributed by atoms with van der Waals surface area (Å²) in [5.41, 5.74) is 33.5. The van der Waals surface area contributed by atoms with Crippen LogP contribution in [-0.4, -0.2) is 332 Å². The van der Waals surface area contributed by atoms with E-state index in [0.717, 1.165) is 62.1 Å². The number of thiazole rings is 2. The highest BCUT2D eigenvalue weighted by Crippen LogP contribution is 2.36. The van der Waals surface area contributed by atoms with Crippen molar-refractivity contribution < 1.29 is 132 Å². The minimum atomic E-state index is -2.26. The van der Waals surface area contributed by atoms with Crippen LogP contribution in [0.1, 0.15) is 108 Å². The van der Waals surface area contributed by atoms with Crippen molar-refractivity contribution in [1.82, 2.24) is 66.7 Å². The molecule has 30 N–H and O–H groups in total. The second kappa shape index (κ2) is 40.2. The van der Waals surface area contributed by atoms with Crippen molar-refractivity contribution in [1.29, 1.82) is 0 Å². The summed E-state index contributed by atoms with van der Waals surface area (Å²) in [5, 5.41) is 141. The van der Waals surface area contributed by atoms with Crippen LogP contribution in [0.15, 0.2) is 23.3 Å². The lowest BCUT2D eigenvalue weighted by Gasteiger charge is -2.47. The van der Waals surface area contributed by atoms with Gasteiger partial charge in [-0.25, -0.2) is 29.7 Å². The number of hydrogen-bond donors (Lipinski definition) is 24. The summed E-state index contributed by atoms with van der Waals surface area (Å²) in [4.78, 5) is 135. The lowest BCUT2D eigenvalue weighted by molar-refractivity contribution is -0.372. The Bertz CT molecular complexity index is 3780. The van der Waals surface area contributed by atoms with E-state index in [0.29, 0.717) is 26.2 Å². The second-order valence-electron chi connectivity index (χ2n) is 26.8. The Balaban J connectivity index is 1.05. The van der Waals surface area contributed by atoms with Gasteiger partial charge in [0.1, 0.15) is 112 Å². The zero-order chi connectivity index (χ0) is 81.6. The number of amides is 8. The van der Waals surface area contributed by atoms with Gasteiger partial charge in [-0.15, -0.1) is 22.7 Å². The van der Waals surface area contributed by atoms with Crippen LogP contribution < -0.4 is 66.3 Å². The SMILES string of the molecule is Cc1c(N)nc([C@H](CC(N)=O)NC[C@H](N)C(N)=O)nc1C(=O)N[C@H](C(=O)N[C@H](C)[C@@H](O)CC(=O)N[C@H](C(=O)NC(OC1OC(C)C(N)C(O)C1O)C(O)c1nc(-c2nc(C(=O)NCCCN3CCOCC3C)cs2)cs1)[C@@H](C)O)[C@@H](OC1OC(CO)C(O)C(O)C1OC1OC(CO)C(O)C(OC(N)=O)C1O)c1cnc[nH]1. The minimum absolute atomic E-state index is 0.0857. The Kier molecular flexibility index (Phi) is 32.1. The van der Waals surface area contributed by atoms with Crippen molar-refractivity contribution >= 4 is 75.9 Å². The zero-order valence-electron chi connectivity index (χ0n) is 60.5. The van der Waals surface area contributed by atoms with Crippen molar-refractivity contribution in [2.75, 3.05) is 58.3 Å². The fraction of sp³-hybridized carbons (Fsp3) is 0.667. The molecule has 48 heteroatoms. The molecule has 4 aromatic heterocycles. The number of aromatic amines is 1. The number of ether oxygens (including phenoxy) is 8. The maximum absolute atomic E-state index is 15.3. The Labute approximate surface area is 639 Å². The summed E-state index contributed by atoms with van der Waals surface area (Å²) >= 11 is 1.91. The van der Waals surface area contributed by atoms with Gasteiger partial charge in [0.25, 0.3) is 11.8 Å². The normalized spacial score (nSPS) is 28.5. The summed E-state index contributed by atoms with van der Waals surface area (Å²) in [6.45, 7) is 7.65. The number of hydrogen-bond acceptors (Lipinski definition) is 39. The third kappa shape index (κ3) is 22.7. The Morgan fingerprint density at radius 2 is 1.46 bits per heavy atom. The molecule has 0 bridgehead atoms. The van der Waals surface area contributed by atoms with E-state index >= 15 is 9.59 Å². The first-order chi connectivity index (χ1) is 52.5. The highest BCUT2D eigenvalue weighted by molar-refractivity contribution is 7.14. The van der Waals surface area contributed by atoms with Crippen LogP contribution in [0.3, 0.4) is 0 Å². The number of morpholine rings is 1. The van der Waals surface area contributed by atoms with E-state index in [-0.39, 0.29) is 38.7 Å². The Morgan fingerprint density at radius 3 is 2.11 bits per heavy atom. The molecule has 111 heavy (non-hydrogen) atoms. The fourth-order valence-corrected chi connectivity index (χ4v) is 13.6. The molecule has 4 aromatic rings. The van der Waals surface area contributed by atoms with Crippen LogP contribution in [0.4, 0.5) is 10.6 Å². The largest absolute Gasteiger partial charge is 0.441 e. The molecule has 0 aliphatic carbocycles. The van der Waals surface area contributed by atoms with Gasteiger partial charge in [0.2, 0.25) is 29.5 Å². The van der Waals surface area contributed by atoms with Crippen molar-refractivity contribution in [2.45, 2.75) is 213 Å². The highest BCUT2D eigenvalue weighted by atomic mass is 32.1. The number of carbonyl (C=O) groups is 8. The molecular weight excluding hydrogens is 1520 g/mol. The van der Waals surface area contributed by atoms with Crippen LogP contribution >= 0.6 is 22.7 Å². The van der Waals surface area contributed by atoms with Crippen LogP contribution in [0.25, 0.3) is 10.7 Å². The molecule has 8 heterocycles. The summed E-state index contributed by atoms with van der Waals surface area (Å²) in [6, 6.07) is -9.43. The first-order valence-electron chi connectivity index (χ1n) is 34.9. The predicted molar refractivity (Wildman–Crippen MR) is 378 cm³/mol. The van der Waals surface area contributed by atoms with E-state index < -0.39 is 250 Å². The van der Waals surface area contributed by atoms with Gasteiger partial charge in [-0.1, -0.05) is 0 Å². The standard InChI is InChI=1S/C63H97N19O27S2/c1-21-17-102-10-9-82(21)8-6-7-71-53(97)29-18-110-58(75-29)30-19-111-59(76-30)46(95)57(109-60-44(93)42(91)36(66)25(5)103-60)81-55(99)38(24(4)85)77-35(88)12-31(86)23(3)74-56(100)39(79-54(98)37-22(2)50(67)80-52(78-37)27(11-34(65)87)72-13-26(64)51(68)96)47(28-14-70-20-73-28)106-62-49(43(92)40(89)32(15-83)105-62)107-61-45(94)48(108-63(69)101)41(90)33(16-84)104-61/h14,18-21,23-27,31-33,36,38-49,57,60-62,72,83-86,89-95H,6-13,15-17,64,66H2,1-5H3,(H2,65,87)(H2,68,96)(H2,69,101)(H,70,73)(H,71,97)(H,74,100)(H,77,88)(H,79,98)(H,81,99)(H2,67,78,80)/t21?,23-,24-,25?,26+,27+,31+,32?,33?,36?,38+,39+,40?,41?,42?,43?,44?,45?,46?,47+,48?,49?,57?,60?,61?,62?/m1/s1. The molecule has 8 rings (SSSR count). The smallest absolute Gasteiger partial charge is 0.404 e. The van der Waals surface area contributed by atoms with Crippen LogP contribution in [0.2, 0.25) is 0 Å². The minimum Gasteiger partial charge on any atom is -0.441 e. The predicted octanol–water partition coefficient (Wildman–Crippen LogP) is -10.5. The molecule has 4 saturated heterocycles. The third-order valence-electron chi connectivity index (χ3n) is 18.6. The molecule has 8 amide bonds. The topological polar surface area (TPSA) is 745 Å². The van der Waals surface area contributed by atoms with Crippen LogP contribution in [-0.2, 0) is 61.9 Å². The van der Waals surface area contributed by atoms with Crippen molar-refractivity contribution in [2.24, 2.45) is 28.7 Å². The number of primary amides is 3. The number of rotatable bonds is 37. The molecule has 618 valence electrons. The first-order valence-corrected chi connectivity index (χ1v) is 36.7. The number of imidazole rings is 1. The number of nitrogen functional groups attached to an aromatic ring is 1. The lowest BCUT2D eigenvalue weighted by Crippen LogP contribution is -2.65. The summed E-state index contributed by atoms with van der Waals surface area (Å²) < 4.78 is 45.9. The third-order valence-corrected chi connectivity index (χ3v) is 20.4. The van der Waals surface area contributed by atoms with Crippen LogP contribution in [0.5, 0.6) is 0 Å². The Morgan fingerprint density at radius 1 is 0.766 bits per heavy atom. The quantitative estimate of drug-likeness (QED) is 0.0147. The molecule has 4 aliphatic heterocycles. The van der Waals surface area contributed by atoms with E-state index in [1.807, 2.05) is 0 Å². The van der Waals surface area contributed by atoms with Gasteiger partial charge in [-0.3, -0.25) is 38.5 Å². The molecular formula is C63H97N19O27S2. The number of aliphatic hydroxyl groups excluding tert-OH is 11. The van der Waals surface area contributed by atoms with E-state index in [4.69, 9.17) is 72.3 Å². The number of anilines is 1. The lowest BCUT2D eigenvalue weighted by atomic mass is 9.97. The fourth-order valence-electron chi connectivity index (χ4n) is 12.0. The summed E-state index contributed by atoms with van der Waals surface area (Å²) in [5.74, 6) is -8.27. The maximum Gasteiger partial charge on any atom is 0.404 e. The molecule has 0 saturated carbocycles. The number of nitrogens with two attached hydrogens (primary N) is 6. The number of nitrogens with zero attached hydrogens (tertiary/aromatic N) is 6. The molecule has 4 aliphatic rings. The highest BCUT2D eigenvalue weighted by Gasteiger charge is 2.54. The Hall–Kier alpha value is -7.97. The number of H-pyrrole nitrogens is 1. The summed E-state index contributed by atoms with van der Waals surface area (Å²) in [6.07, 6.45) is -37.1. The second-order valence-corrected chi connectivity index (χ2v) is 28.6. The average Bonchev–Trinajstić information content (AvgIpc) is 1.18. The van der Waals surface area contributed by atoms with Crippen LogP contribution in [0, 0.1) is 6.92 Å². The van der Waals surface area contributed by atoms with Crippen molar-refractivity contribution in [3.05, 3.63) is 56.8 Å². The number of nitrogens with one attached hydrogen (secondary N) is 7. The van der Waals surface area contributed by atoms with E-state index in [1.165, 1.54) is 24.6 Å². The van der Waals surface area contributed by atoms with Gasteiger partial charge < -0.3 is 165 Å².